The van der Waals surface area contributed by atoms with Gasteiger partial charge in [-0.05, 0) is 159 Å². The van der Waals surface area contributed by atoms with Crippen LogP contribution >= 0.6 is 11.8 Å². The first-order valence-electron chi connectivity index (χ1n) is 22.0. The summed E-state index contributed by atoms with van der Waals surface area (Å²) in [5.74, 6) is 0. The number of hydrogen-bond donors (Lipinski definition) is 0. The van der Waals surface area contributed by atoms with Crippen molar-refractivity contribution in [3.8, 4) is 44.5 Å². The molecule has 13 rings (SSSR count). The van der Waals surface area contributed by atoms with Crippen LogP contribution in [0.5, 0.6) is 0 Å². The van der Waals surface area contributed by atoms with Gasteiger partial charge in [0.2, 0.25) is 0 Å². The molecule has 0 aromatic heterocycles. The molecule has 2 unspecified atom stereocenters. The van der Waals surface area contributed by atoms with Gasteiger partial charge in [0.25, 0.3) is 0 Å². The third kappa shape index (κ3) is 5.02. The molecule has 2 atom stereocenters. The number of thioether (sulfide) groups is 1. The van der Waals surface area contributed by atoms with E-state index in [9.17, 15) is 0 Å². The van der Waals surface area contributed by atoms with E-state index < -0.39 is 0 Å². The Labute approximate surface area is 361 Å². The van der Waals surface area contributed by atoms with Crippen LogP contribution in [-0.2, 0) is 5.41 Å². The maximum atomic E-state index is 2.60. The summed E-state index contributed by atoms with van der Waals surface area (Å²) >= 11 is 2.14. The average molecular weight is 797 g/mol. The van der Waals surface area contributed by atoms with Gasteiger partial charge in [0, 0.05) is 15.1 Å². The summed E-state index contributed by atoms with van der Waals surface area (Å²) < 4.78 is 0.235. The molecule has 1 aliphatic heterocycles. The molecule has 0 spiro atoms. The molecule has 1 aliphatic carbocycles. The Balaban J connectivity index is 1.19. The molecular weight excluding hydrogens is 753 g/mol. The van der Waals surface area contributed by atoms with E-state index in [2.05, 4.69) is 208 Å². The average Bonchev–Trinajstić information content (AvgIpc) is 3.55. The van der Waals surface area contributed by atoms with Crippen molar-refractivity contribution in [3.05, 3.63) is 188 Å². The zero-order valence-corrected chi connectivity index (χ0v) is 35.4. The summed E-state index contributed by atoms with van der Waals surface area (Å²) in [5.41, 5.74) is 12.0. The molecule has 1 fully saturated rings. The third-order valence-electron chi connectivity index (χ3n) is 15.1. The Kier molecular flexibility index (Phi) is 7.56. The molecule has 0 amide bonds. The first-order valence-corrected chi connectivity index (χ1v) is 22.9. The fourth-order valence-electron chi connectivity index (χ4n) is 11.8. The summed E-state index contributed by atoms with van der Waals surface area (Å²) in [6.07, 6.45) is 5.16. The molecule has 1 heterocycles. The van der Waals surface area contributed by atoms with E-state index in [-0.39, 0.29) is 10.2 Å². The molecule has 61 heavy (non-hydrogen) atoms. The second kappa shape index (κ2) is 13.0. The van der Waals surface area contributed by atoms with Crippen LogP contribution in [0.2, 0.25) is 0 Å². The van der Waals surface area contributed by atoms with Crippen LogP contribution in [0, 0.1) is 0 Å². The highest BCUT2D eigenvalue weighted by atomic mass is 32.2. The smallest absolute Gasteiger partial charge is 0.0273 e. The van der Waals surface area contributed by atoms with Crippen molar-refractivity contribution in [2.24, 2.45) is 0 Å². The van der Waals surface area contributed by atoms with E-state index in [1.165, 1.54) is 140 Å². The standard InChI is InChI=1S/C60H44S/c1-59-32-9-10-33-60(59,2)61-56-31-26-40(34-55(56)59)51-35-52(44-23-11-17-37-14-3-6-20-41(37)44)48-29-30-50-54(46-25-13-19-39-16-5-8-22-43(39)46)36-53(49-28-27-47(51)57(48)58(49)50)45-24-12-18-38-15-4-7-21-42(38)45/h3-8,11-31,34-36H,9-10,32-33H2,1-2H3. The van der Waals surface area contributed by atoms with Crippen LogP contribution in [-0.4, -0.2) is 4.75 Å². The Morgan fingerprint density at radius 2 is 0.787 bits per heavy atom. The minimum absolute atomic E-state index is 0.157. The van der Waals surface area contributed by atoms with E-state index in [1.54, 1.807) is 5.56 Å². The maximum Gasteiger partial charge on any atom is 0.0273 e. The predicted molar refractivity (Wildman–Crippen MR) is 264 cm³/mol. The molecule has 0 saturated heterocycles. The molecule has 0 bridgehead atoms. The van der Waals surface area contributed by atoms with Crippen LogP contribution in [0.1, 0.15) is 45.1 Å². The SMILES string of the molecule is CC12CCCCC1(C)c1cc(-c3cc(-c4cccc5ccccc45)c4ccc5c(-c6cccc7ccccc67)cc(-c6cccc7ccccc67)c6ccc3c4c65)ccc1S2. The van der Waals surface area contributed by atoms with Gasteiger partial charge in [0.15, 0.2) is 0 Å². The van der Waals surface area contributed by atoms with Crippen molar-refractivity contribution in [1.29, 1.82) is 0 Å². The molecule has 2 aliphatic rings. The van der Waals surface area contributed by atoms with E-state index in [1.807, 2.05) is 0 Å². The van der Waals surface area contributed by atoms with Gasteiger partial charge in [-0.1, -0.05) is 177 Å². The Bertz CT molecular complexity index is 3500. The first-order chi connectivity index (χ1) is 30.0. The lowest BCUT2D eigenvalue weighted by molar-refractivity contribution is 0.260. The number of benzene rings is 11. The van der Waals surface area contributed by atoms with Crippen LogP contribution < -0.4 is 0 Å². The van der Waals surface area contributed by atoms with E-state index in [0.717, 1.165) is 0 Å². The molecule has 0 N–H and O–H groups in total. The second-order valence-electron chi connectivity index (χ2n) is 18.2. The van der Waals surface area contributed by atoms with Crippen molar-refractivity contribution in [1.82, 2.24) is 0 Å². The second-order valence-corrected chi connectivity index (χ2v) is 19.7. The van der Waals surface area contributed by atoms with E-state index in [0.29, 0.717) is 0 Å². The lowest BCUT2D eigenvalue weighted by Gasteiger charge is -2.45. The molecule has 290 valence electrons. The molecule has 0 radical (unpaired) electrons. The van der Waals surface area contributed by atoms with Gasteiger partial charge in [-0.3, -0.25) is 0 Å². The minimum atomic E-state index is 0.157. The van der Waals surface area contributed by atoms with E-state index >= 15 is 0 Å². The van der Waals surface area contributed by atoms with Crippen LogP contribution in [0.4, 0.5) is 0 Å². The normalized spacial score (nSPS) is 18.8. The summed E-state index contributed by atoms with van der Waals surface area (Å²) in [5, 5.41) is 15.5. The molecule has 0 nitrogen and oxygen atoms in total. The zero-order valence-electron chi connectivity index (χ0n) is 34.6. The highest BCUT2D eigenvalue weighted by molar-refractivity contribution is 8.01. The lowest BCUT2D eigenvalue weighted by atomic mass is 9.64. The van der Waals surface area contributed by atoms with Gasteiger partial charge in [0.1, 0.15) is 0 Å². The van der Waals surface area contributed by atoms with Crippen LogP contribution in [0.25, 0.3) is 109 Å². The monoisotopic (exact) mass is 796 g/mol. The molecule has 11 aromatic rings. The van der Waals surface area contributed by atoms with Crippen LogP contribution in [0.3, 0.4) is 0 Å². The highest BCUT2D eigenvalue weighted by Crippen LogP contribution is 2.63. The van der Waals surface area contributed by atoms with Crippen molar-refractivity contribution < 1.29 is 0 Å². The first kappa shape index (κ1) is 35.4. The number of fused-ring (bicyclic) bond motifs is 6. The highest BCUT2D eigenvalue weighted by Gasteiger charge is 2.53. The zero-order chi connectivity index (χ0) is 40.5. The molecule has 1 heteroatoms. The lowest BCUT2D eigenvalue weighted by Crippen LogP contribution is -2.43. The van der Waals surface area contributed by atoms with E-state index in [4.69, 9.17) is 0 Å². The summed E-state index contributed by atoms with van der Waals surface area (Å²) in [6, 6.07) is 69.4. The molecule has 11 aromatic carbocycles. The summed E-state index contributed by atoms with van der Waals surface area (Å²) in [4.78, 5) is 1.47. The quantitative estimate of drug-likeness (QED) is 0.160. The largest absolute Gasteiger partial charge is 0.118 e. The van der Waals surface area contributed by atoms with Gasteiger partial charge in [-0.2, -0.15) is 0 Å². The fourth-order valence-corrected chi connectivity index (χ4v) is 13.5. The Morgan fingerprint density at radius 3 is 1.30 bits per heavy atom. The Hall–Kier alpha value is -6.41. The minimum Gasteiger partial charge on any atom is -0.118 e. The number of rotatable bonds is 4. The Morgan fingerprint density at radius 1 is 0.361 bits per heavy atom. The van der Waals surface area contributed by atoms with Gasteiger partial charge < -0.3 is 0 Å². The van der Waals surface area contributed by atoms with Crippen molar-refractivity contribution in [3.63, 3.8) is 0 Å². The van der Waals surface area contributed by atoms with Crippen molar-refractivity contribution in [2.45, 2.75) is 54.6 Å². The third-order valence-corrected chi connectivity index (χ3v) is 16.8. The summed E-state index contributed by atoms with van der Waals surface area (Å²) in [7, 11) is 0. The van der Waals surface area contributed by atoms with Gasteiger partial charge in [-0.25, -0.2) is 0 Å². The van der Waals surface area contributed by atoms with Gasteiger partial charge in [0.05, 0.1) is 0 Å². The van der Waals surface area contributed by atoms with Gasteiger partial charge >= 0.3 is 0 Å². The molecular formula is C60H44S. The summed E-state index contributed by atoms with van der Waals surface area (Å²) in [6.45, 7) is 5.09. The number of hydrogen-bond acceptors (Lipinski definition) is 1. The topological polar surface area (TPSA) is 0 Å². The van der Waals surface area contributed by atoms with Crippen LogP contribution in [0.15, 0.2) is 187 Å². The van der Waals surface area contributed by atoms with Crippen molar-refractivity contribution >= 4 is 76.4 Å². The predicted octanol–water partition coefficient (Wildman–Crippen LogP) is 17.4. The fraction of sp³-hybridized carbons (Fsp3) is 0.133. The molecule has 1 saturated carbocycles. The maximum absolute atomic E-state index is 2.60. The van der Waals surface area contributed by atoms with Gasteiger partial charge in [-0.15, -0.1) is 11.8 Å². The van der Waals surface area contributed by atoms with Crippen molar-refractivity contribution in [2.75, 3.05) is 0 Å².